The van der Waals surface area contributed by atoms with Crippen LogP contribution < -0.4 is 0 Å². The van der Waals surface area contributed by atoms with Crippen molar-refractivity contribution in [2.45, 2.75) is 316 Å². The van der Waals surface area contributed by atoms with Crippen LogP contribution in [0.5, 0.6) is 0 Å². The molecule has 6 saturated heterocycles. The average molecular weight is 1790 g/mol. The standard InChI is InChI=1S/C74H100O50/c1-26(75)95-20-45-53(57(103-34(9)83)63(69(94)114-45)108-39(14)88)120-71-65(110-41(16)90)60(106-37(12)86)55(49(117-71)24-99-30(5)79)123-73-68(113-44(19)93)62(52(102-33(8)82)47(116-73)22-97-28(3)77)124-74-67(112-43(18)92)61(107-38(13)87)56(50(119-74)25-100-31(6)80)122-72-66(111-42(17)91)59(105-36(11)85)54(48(118-72)23-98-29(4)78)121-70-64(109-40(15)89)58(104-35(10)84)51(101-32(7)81)46(115-70)21-96-27(2)76/h45-74,94H,20-25H2,1-19H3/t45-,46+,47-,48+,49-,50-,51+,52-,53-,54+,55-,56-,57-,58+,59+,60-,61-,62+,63?,64-,65-,66-,67-,68+,69-,70-,71+,72-,73?,74-/m1/s1. The van der Waals surface area contributed by atoms with Crippen LogP contribution in [-0.4, -0.2) is 342 Å². The maximum Gasteiger partial charge on any atom is 0.303 e. The highest BCUT2D eigenvalue weighted by Crippen LogP contribution is 2.43. The van der Waals surface area contributed by atoms with Crippen LogP contribution in [0.3, 0.4) is 0 Å². The van der Waals surface area contributed by atoms with Gasteiger partial charge in [-0.3, -0.25) is 91.1 Å². The molecule has 0 aromatic carbocycles. The molecule has 50 heteroatoms. The molecule has 0 aliphatic carbocycles. The molecule has 0 bridgehead atoms. The van der Waals surface area contributed by atoms with E-state index in [1.807, 2.05) is 0 Å². The van der Waals surface area contributed by atoms with E-state index in [0.717, 1.165) is 132 Å². The molecule has 6 heterocycles. The minimum Gasteiger partial charge on any atom is -0.463 e. The fourth-order valence-corrected chi connectivity index (χ4v) is 13.6. The third-order valence-electron chi connectivity index (χ3n) is 17.7. The molecule has 0 aromatic rings. The Balaban J connectivity index is 1.58. The summed E-state index contributed by atoms with van der Waals surface area (Å²) in [6.45, 7) is 10.7. The van der Waals surface area contributed by atoms with E-state index in [9.17, 15) is 96.2 Å². The lowest BCUT2D eigenvalue weighted by atomic mass is 9.94. The highest BCUT2D eigenvalue weighted by atomic mass is 16.8. The van der Waals surface area contributed by atoms with Gasteiger partial charge in [0.05, 0.1) is 0 Å². The first-order chi connectivity index (χ1) is 58.0. The van der Waals surface area contributed by atoms with Crippen molar-refractivity contribution in [2.75, 3.05) is 39.6 Å². The first kappa shape index (κ1) is 102. The van der Waals surface area contributed by atoms with Gasteiger partial charge >= 0.3 is 113 Å². The van der Waals surface area contributed by atoms with E-state index >= 15 is 0 Å². The Labute approximate surface area is 705 Å². The van der Waals surface area contributed by atoms with Crippen molar-refractivity contribution in [1.29, 1.82) is 0 Å². The Morgan fingerprint density at radius 1 is 0.169 bits per heavy atom. The van der Waals surface area contributed by atoms with Gasteiger partial charge in [0.25, 0.3) is 0 Å². The van der Waals surface area contributed by atoms with Crippen LogP contribution in [0, 0.1) is 0 Å². The molecule has 6 aliphatic heterocycles. The monoisotopic (exact) mass is 1790 g/mol. The lowest BCUT2D eigenvalue weighted by molar-refractivity contribution is -0.397. The first-order valence-corrected chi connectivity index (χ1v) is 37.9. The molecule has 124 heavy (non-hydrogen) atoms. The SMILES string of the molecule is CC(=O)OC[C@@H]1O[C@H](O[C@@H]2[C@H](OC(C)=O)[C@@H](OC(C)=O)[C@@H](O[C@H]3[C@@H](OC(C)=O)[C@@H](OC(C)=O)[C@@H](O[C@H]4[C@H](OC(C)=O)[C@@H](COC(C)=O)OC(O[C@H]5[C@@H](OC(C)=O)[C@@H](OC(C)=O)[C@H](O[C@@H]6[C@@H](COC(C)=O)O[C@@H](O)C(OC(C)=O)[C@@H]6OC(C)=O)O[C@@H]5COC(C)=O)[C@H]4OC(C)=O)O[C@@H]3COC(C)=O)O[C@H]2COC(C)=O)[C@H](OC(C)=O)[C@@H](OC(C)=O)[C@H]1OC(C)=O. The smallest absolute Gasteiger partial charge is 0.303 e. The van der Waals surface area contributed by atoms with Crippen LogP contribution in [0.2, 0.25) is 0 Å². The Hall–Kier alpha value is -10.5. The zero-order chi connectivity index (χ0) is 92.7. The highest BCUT2D eigenvalue weighted by Gasteiger charge is 2.64. The molecule has 0 saturated carbocycles. The maximum atomic E-state index is 13.9. The molecule has 50 nitrogen and oxygen atoms in total. The molecule has 6 aliphatic rings. The lowest BCUT2D eigenvalue weighted by Gasteiger charge is -2.52. The summed E-state index contributed by atoms with van der Waals surface area (Å²) in [4.78, 5) is 250. The number of aliphatic hydroxyl groups is 1. The zero-order valence-corrected chi connectivity index (χ0v) is 70.5. The van der Waals surface area contributed by atoms with Crippen LogP contribution in [-0.2, 0) is 233 Å². The normalized spacial score (nSPS) is 33.1. The quantitative estimate of drug-likeness (QED) is 0.0481. The number of rotatable bonds is 35. The van der Waals surface area contributed by atoms with Gasteiger partial charge in [0.1, 0.15) is 107 Å². The highest BCUT2D eigenvalue weighted by molar-refractivity contribution is 5.73. The second kappa shape index (κ2) is 47.0. The number of hydrogen-bond acceptors (Lipinski definition) is 50. The zero-order valence-electron chi connectivity index (χ0n) is 70.5. The van der Waals surface area contributed by atoms with E-state index in [2.05, 4.69) is 0 Å². The maximum absolute atomic E-state index is 13.9. The Morgan fingerprint density at radius 3 is 0.508 bits per heavy atom. The van der Waals surface area contributed by atoms with Crippen LogP contribution >= 0.6 is 0 Å². The van der Waals surface area contributed by atoms with Crippen molar-refractivity contribution < 1.29 is 238 Å². The van der Waals surface area contributed by atoms with Crippen molar-refractivity contribution in [3.63, 3.8) is 0 Å². The summed E-state index contributed by atoms with van der Waals surface area (Å²) in [7, 11) is 0. The van der Waals surface area contributed by atoms with Crippen molar-refractivity contribution >= 4 is 113 Å². The first-order valence-electron chi connectivity index (χ1n) is 37.9. The van der Waals surface area contributed by atoms with Crippen molar-refractivity contribution in [1.82, 2.24) is 0 Å². The molecule has 0 amide bonds. The summed E-state index contributed by atoms with van der Waals surface area (Å²) < 4.78 is 177. The Kier molecular flexibility index (Phi) is 38.7. The Bertz CT molecular complexity index is 3840. The molecule has 0 radical (unpaired) electrons. The van der Waals surface area contributed by atoms with Crippen molar-refractivity contribution in [3.05, 3.63) is 0 Å². The second-order valence-corrected chi connectivity index (χ2v) is 28.1. The van der Waals surface area contributed by atoms with Crippen LogP contribution in [0.4, 0.5) is 0 Å². The minimum atomic E-state index is -2.50. The summed E-state index contributed by atoms with van der Waals surface area (Å²) in [6, 6.07) is 0. The van der Waals surface area contributed by atoms with E-state index in [0.29, 0.717) is 0 Å². The molecule has 6 rings (SSSR count). The van der Waals surface area contributed by atoms with E-state index in [4.69, 9.17) is 142 Å². The predicted octanol–water partition coefficient (Wildman–Crippen LogP) is -3.26. The minimum absolute atomic E-state index is 0.791. The van der Waals surface area contributed by atoms with Gasteiger partial charge in [0.15, 0.2) is 117 Å². The largest absolute Gasteiger partial charge is 0.463 e. The van der Waals surface area contributed by atoms with Crippen molar-refractivity contribution in [3.8, 4) is 0 Å². The van der Waals surface area contributed by atoms with Gasteiger partial charge in [0, 0.05) is 132 Å². The molecule has 1 N–H and O–H groups in total. The number of aliphatic hydroxyl groups excluding tert-OH is 1. The number of hydrogen-bond donors (Lipinski definition) is 1. The fraction of sp³-hybridized carbons (Fsp3) is 0.743. The van der Waals surface area contributed by atoms with E-state index in [-0.39, 0.29) is 0 Å². The fourth-order valence-electron chi connectivity index (χ4n) is 13.6. The average Bonchev–Trinajstić information content (AvgIpc) is 0.755. The number of esters is 19. The second-order valence-electron chi connectivity index (χ2n) is 28.1. The molecule has 6 fully saturated rings. The van der Waals surface area contributed by atoms with Crippen LogP contribution in [0.25, 0.3) is 0 Å². The van der Waals surface area contributed by atoms with Gasteiger partial charge in [-0.05, 0) is 0 Å². The summed E-state index contributed by atoms with van der Waals surface area (Å²) in [5, 5.41) is 11.2. The van der Waals surface area contributed by atoms with Crippen LogP contribution in [0.15, 0.2) is 0 Å². The molecular weight excluding hydrogens is 1690 g/mol. The lowest BCUT2D eigenvalue weighted by Crippen LogP contribution is -2.70. The van der Waals surface area contributed by atoms with Gasteiger partial charge in [-0.2, -0.15) is 0 Å². The summed E-state index contributed by atoms with van der Waals surface area (Å²) in [5.74, 6) is -21.8. The molecule has 2 unspecified atom stereocenters. The Morgan fingerprint density at radius 2 is 0.306 bits per heavy atom. The predicted molar refractivity (Wildman–Crippen MR) is 381 cm³/mol. The van der Waals surface area contributed by atoms with E-state index < -0.39 is 337 Å². The van der Waals surface area contributed by atoms with Gasteiger partial charge < -0.3 is 147 Å². The van der Waals surface area contributed by atoms with Gasteiger partial charge in [-0.15, -0.1) is 0 Å². The number of carbonyl (C=O) groups is 19. The van der Waals surface area contributed by atoms with Gasteiger partial charge in [0.2, 0.25) is 0 Å². The van der Waals surface area contributed by atoms with E-state index in [1.54, 1.807) is 0 Å². The summed E-state index contributed by atoms with van der Waals surface area (Å²) in [5.41, 5.74) is 0. The summed E-state index contributed by atoms with van der Waals surface area (Å²) >= 11 is 0. The third-order valence-corrected chi connectivity index (χ3v) is 17.7. The molecule has 696 valence electrons. The number of carbonyl (C=O) groups excluding carboxylic acids is 19. The molecule has 0 spiro atoms. The molecule has 0 aromatic heterocycles. The number of ether oxygens (including phenoxy) is 30. The third kappa shape index (κ3) is 30.4. The van der Waals surface area contributed by atoms with Crippen LogP contribution in [0.1, 0.15) is 132 Å². The summed E-state index contributed by atoms with van der Waals surface area (Å²) in [6.07, 6.45) is -64.6. The van der Waals surface area contributed by atoms with Gasteiger partial charge in [-0.1, -0.05) is 0 Å². The molecule has 30 atom stereocenters. The molecular formula is C74H100O50. The topological polar surface area (TPSA) is 621 Å². The van der Waals surface area contributed by atoms with Crippen molar-refractivity contribution in [2.24, 2.45) is 0 Å². The van der Waals surface area contributed by atoms with E-state index in [1.165, 1.54) is 0 Å². The van der Waals surface area contributed by atoms with Gasteiger partial charge in [-0.25, -0.2) is 0 Å².